The lowest BCUT2D eigenvalue weighted by molar-refractivity contribution is 0.0440. The second-order valence-corrected chi connectivity index (χ2v) is 6.58. The van der Waals surface area contributed by atoms with Crippen LogP contribution in [0, 0.1) is 13.8 Å². The first-order valence-electron chi connectivity index (χ1n) is 8.70. The zero-order chi connectivity index (χ0) is 17.6. The number of β-amino-alcohol motifs (C(OH)–C–C–N with tert-alkyl or cyclic N) is 1. The van der Waals surface area contributed by atoms with Crippen LogP contribution in [0.15, 0.2) is 28.8 Å². The number of aryl methyl sites for hydroxylation is 2. The predicted octanol–water partition coefficient (Wildman–Crippen LogP) is 1.24. The van der Waals surface area contributed by atoms with Gasteiger partial charge < -0.3 is 14.4 Å². The van der Waals surface area contributed by atoms with Gasteiger partial charge in [0.05, 0.1) is 6.54 Å². The average molecular weight is 346 g/mol. The maximum atomic E-state index is 10.2. The number of ether oxygens (including phenoxy) is 1. The van der Waals surface area contributed by atoms with E-state index in [9.17, 15) is 5.11 Å². The van der Waals surface area contributed by atoms with Crippen LogP contribution in [0.1, 0.15) is 17.3 Å². The first kappa shape index (κ1) is 17.8. The molecule has 136 valence electrons. The molecule has 1 aromatic carbocycles. The molecule has 1 aromatic heterocycles. The number of benzene rings is 1. The SMILES string of the molecule is Cc1ccc(OCC(O)CN2CCN(Cc3noc(C)n3)CC2)cc1. The number of hydrogen-bond donors (Lipinski definition) is 1. The predicted molar refractivity (Wildman–Crippen MR) is 93.4 cm³/mol. The van der Waals surface area contributed by atoms with Crippen LogP contribution < -0.4 is 4.74 Å². The van der Waals surface area contributed by atoms with Crippen molar-refractivity contribution in [3.63, 3.8) is 0 Å². The van der Waals surface area contributed by atoms with Gasteiger partial charge in [-0.1, -0.05) is 22.9 Å². The Bertz CT molecular complexity index is 651. The molecule has 0 bridgehead atoms. The van der Waals surface area contributed by atoms with Gasteiger partial charge in [-0.05, 0) is 19.1 Å². The van der Waals surface area contributed by atoms with Crippen LogP contribution in [0.2, 0.25) is 0 Å². The van der Waals surface area contributed by atoms with E-state index in [1.807, 2.05) is 31.2 Å². The normalized spacial score (nSPS) is 17.6. The topological polar surface area (TPSA) is 74.9 Å². The summed E-state index contributed by atoms with van der Waals surface area (Å²) in [5.74, 6) is 2.13. The number of hydrogen-bond acceptors (Lipinski definition) is 7. The zero-order valence-corrected chi connectivity index (χ0v) is 14.9. The molecule has 25 heavy (non-hydrogen) atoms. The Morgan fingerprint density at radius 2 is 1.80 bits per heavy atom. The van der Waals surface area contributed by atoms with Crippen LogP contribution >= 0.6 is 0 Å². The van der Waals surface area contributed by atoms with Gasteiger partial charge in [-0.3, -0.25) is 9.80 Å². The molecule has 2 aromatic rings. The maximum absolute atomic E-state index is 10.2. The first-order chi connectivity index (χ1) is 12.1. The van der Waals surface area contributed by atoms with Gasteiger partial charge in [-0.15, -0.1) is 0 Å². The lowest BCUT2D eigenvalue weighted by Crippen LogP contribution is -2.48. The fourth-order valence-electron chi connectivity index (χ4n) is 2.91. The van der Waals surface area contributed by atoms with Gasteiger partial charge in [0, 0.05) is 39.6 Å². The van der Waals surface area contributed by atoms with Gasteiger partial charge in [-0.25, -0.2) is 0 Å². The minimum Gasteiger partial charge on any atom is -0.491 e. The smallest absolute Gasteiger partial charge is 0.223 e. The third-order valence-electron chi connectivity index (χ3n) is 4.33. The quantitative estimate of drug-likeness (QED) is 0.808. The van der Waals surface area contributed by atoms with Gasteiger partial charge in [-0.2, -0.15) is 4.98 Å². The van der Waals surface area contributed by atoms with Crippen molar-refractivity contribution in [2.24, 2.45) is 0 Å². The molecule has 0 spiro atoms. The van der Waals surface area contributed by atoms with Crippen LogP contribution in [0.5, 0.6) is 5.75 Å². The molecule has 0 aliphatic carbocycles. The average Bonchev–Trinajstić information content (AvgIpc) is 3.01. The van der Waals surface area contributed by atoms with Gasteiger partial charge in [0.25, 0.3) is 0 Å². The molecule has 1 N–H and O–H groups in total. The molecule has 1 saturated heterocycles. The van der Waals surface area contributed by atoms with E-state index in [2.05, 4.69) is 19.9 Å². The van der Waals surface area contributed by atoms with Gasteiger partial charge >= 0.3 is 0 Å². The highest BCUT2D eigenvalue weighted by Gasteiger charge is 2.20. The third-order valence-corrected chi connectivity index (χ3v) is 4.33. The van der Waals surface area contributed by atoms with E-state index in [-0.39, 0.29) is 0 Å². The van der Waals surface area contributed by atoms with Crippen LogP contribution in [0.3, 0.4) is 0 Å². The van der Waals surface area contributed by atoms with E-state index in [0.29, 0.717) is 25.6 Å². The third kappa shape index (κ3) is 5.52. The Balaban J connectivity index is 1.35. The minimum atomic E-state index is -0.493. The lowest BCUT2D eigenvalue weighted by atomic mass is 10.2. The number of nitrogens with zero attached hydrogens (tertiary/aromatic N) is 4. The Morgan fingerprint density at radius 1 is 1.12 bits per heavy atom. The minimum absolute atomic E-state index is 0.311. The number of piperazine rings is 1. The van der Waals surface area contributed by atoms with E-state index >= 15 is 0 Å². The lowest BCUT2D eigenvalue weighted by Gasteiger charge is -2.34. The molecule has 3 rings (SSSR count). The summed E-state index contributed by atoms with van der Waals surface area (Å²) in [5.41, 5.74) is 1.20. The Morgan fingerprint density at radius 3 is 2.44 bits per heavy atom. The van der Waals surface area contributed by atoms with Gasteiger partial charge in [0.15, 0.2) is 5.82 Å². The standard InChI is InChI=1S/C18H26N4O3/c1-14-3-5-17(6-4-14)24-13-16(23)11-21-7-9-22(10-8-21)12-18-19-15(2)25-20-18/h3-6,16,23H,7-13H2,1-2H3. The van der Waals surface area contributed by atoms with Crippen LogP contribution in [-0.4, -0.2) is 70.5 Å². The van der Waals surface area contributed by atoms with Crippen LogP contribution in [0.4, 0.5) is 0 Å². The summed E-state index contributed by atoms with van der Waals surface area (Å²) in [4.78, 5) is 8.81. The molecule has 0 radical (unpaired) electrons. The number of rotatable bonds is 7. The fourth-order valence-corrected chi connectivity index (χ4v) is 2.91. The van der Waals surface area contributed by atoms with E-state index in [0.717, 1.165) is 37.8 Å². The number of aliphatic hydroxyl groups excluding tert-OH is 1. The van der Waals surface area contributed by atoms with Crippen molar-refractivity contribution in [2.45, 2.75) is 26.5 Å². The highest BCUT2D eigenvalue weighted by atomic mass is 16.5. The van der Waals surface area contributed by atoms with Crippen LogP contribution in [0.25, 0.3) is 0 Å². The summed E-state index contributed by atoms with van der Waals surface area (Å²) in [6, 6.07) is 7.87. The zero-order valence-electron chi connectivity index (χ0n) is 14.9. The molecule has 1 aliphatic rings. The molecule has 0 saturated carbocycles. The van der Waals surface area contributed by atoms with Gasteiger partial charge in [0.2, 0.25) is 5.89 Å². The Hall–Kier alpha value is -1.96. The molecule has 7 heteroatoms. The molecule has 1 aliphatic heterocycles. The molecule has 1 atom stereocenters. The Kier molecular flexibility index (Phi) is 6.01. The van der Waals surface area contributed by atoms with Crippen LogP contribution in [-0.2, 0) is 6.54 Å². The summed E-state index contributed by atoms with van der Waals surface area (Å²) in [6.45, 7) is 9.18. The van der Waals surface area contributed by atoms with Crippen molar-refractivity contribution >= 4 is 0 Å². The fraction of sp³-hybridized carbons (Fsp3) is 0.556. The van der Waals surface area contributed by atoms with E-state index in [1.165, 1.54) is 5.56 Å². The molecule has 1 fully saturated rings. The summed E-state index contributed by atoms with van der Waals surface area (Å²) in [6.07, 6.45) is -0.493. The van der Waals surface area contributed by atoms with Crippen molar-refractivity contribution in [2.75, 3.05) is 39.3 Å². The monoisotopic (exact) mass is 346 g/mol. The summed E-state index contributed by atoms with van der Waals surface area (Å²) < 4.78 is 10.7. The van der Waals surface area contributed by atoms with Gasteiger partial charge in [0.1, 0.15) is 18.5 Å². The van der Waals surface area contributed by atoms with Crippen molar-refractivity contribution in [3.8, 4) is 5.75 Å². The number of aliphatic hydroxyl groups is 1. The second-order valence-electron chi connectivity index (χ2n) is 6.58. The van der Waals surface area contributed by atoms with Crippen molar-refractivity contribution in [3.05, 3.63) is 41.5 Å². The van der Waals surface area contributed by atoms with Crippen molar-refractivity contribution in [1.29, 1.82) is 0 Å². The summed E-state index contributed by atoms with van der Waals surface area (Å²) in [7, 11) is 0. The summed E-state index contributed by atoms with van der Waals surface area (Å²) in [5, 5.41) is 14.1. The molecule has 0 amide bonds. The number of aromatic nitrogens is 2. The Labute approximate surface area is 148 Å². The molecular formula is C18H26N4O3. The first-order valence-corrected chi connectivity index (χ1v) is 8.70. The van der Waals surface area contributed by atoms with E-state index < -0.39 is 6.10 Å². The largest absolute Gasteiger partial charge is 0.491 e. The molecule has 1 unspecified atom stereocenters. The van der Waals surface area contributed by atoms with E-state index in [1.54, 1.807) is 6.92 Å². The molecular weight excluding hydrogens is 320 g/mol. The van der Waals surface area contributed by atoms with E-state index in [4.69, 9.17) is 9.26 Å². The second kappa shape index (κ2) is 8.42. The highest BCUT2D eigenvalue weighted by molar-refractivity contribution is 5.26. The molecule has 2 heterocycles. The molecule has 7 nitrogen and oxygen atoms in total. The van der Waals surface area contributed by atoms with Crippen molar-refractivity contribution in [1.82, 2.24) is 19.9 Å². The summed E-state index contributed by atoms with van der Waals surface area (Å²) >= 11 is 0. The maximum Gasteiger partial charge on any atom is 0.223 e. The van der Waals surface area contributed by atoms with Crippen molar-refractivity contribution < 1.29 is 14.4 Å². The highest BCUT2D eigenvalue weighted by Crippen LogP contribution is 2.12.